The summed E-state index contributed by atoms with van der Waals surface area (Å²) < 4.78 is 17.0. The van der Waals surface area contributed by atoms with Crippen LogP contribution in [-0.2, 0) is 18.3 Å². The fourth-order valence-electron chi connectivity index (χ4n) is 2.68. The maximum Gasteiger partial charge on any atom is 0.274 e. The minimum atomic E-state index is -0.295. The molecule has 146 valence electrons. The molecular formula is C19H25N3O5. The lowest BCUT2D eigenvalue weighted by Crippen LogP contribution is -2.41. The van der Waals surface area contributed by atoms with E-state index in [-0.39, 0.29) is 23.2 Å². The molecule has 1 heterocycles. The number of ether oxygens (including phenoxy) is 3. The molecule has 0 radical (unpaired) electrons. The summed E-state index contributed by atoms with van der Waals surface area (Å²) in [5.41, 5.74) is 0.753. The van der Waals surface area contributed by atoms with Crippen molar-refractivity contribution in [3.8, 4) is 11.5 Å². The number of methoxy groups -OCH3 is 3. The Balaban J connectivity index is 2.38. The van der Waals surface area contributed by atoms with Crippen molar-refractivity contribution in [1.82, 2.24) is 14.7 Å². The second-order valence-corrected chi connectivity index (χ2v) is 6.14. The van der Waals surface area contributed by atoms with Gasteiger partial charge in [-0.25, -0.2) is 4.68 Å². The Kier molecular flexibility index (Phi) is 6.95. The molecular weight excluding hydrogens is 350 g/mol. The van der Waals surface area contributed by atoms with Crippen molar-refractivity contribution in [3.05, 3.63) is 51.9 Å². The molecule has 0 saturated carbocycles. The Hall–Kier alpha value is -2.87. The van der Waals surface area contributed by atoms with Gasteiger partial charge in [0.05, 0.1) is 26.9 Å². The number of aromatic nitrogens is 2. The van der Waals surface area contributed by atoms with Gasteiger partial charge in [0.1, 0.15) is 17.2 Å². The van der Waals surface area contributed by atoms with E-state index in [0.717, 1.165) is 10.2 Å². The number of aryl methyl sites for hydroxylation is 1. The van der Waals surface area contributed by atoms with Gasteiger partial charge in [-0.15, -0.1) is 0 Å². The number of amides is 1. The summed E-state index contributed by atoms with van der Waals surface area (Å²) in [5, 5.41) is 4.07. The Bertz CT molecular complexity index is 827. The predicted octanol–water partition coefficient (Wildman–Crippen LogP) is 1.47. The first-order chi connectivity index (χ1) is 12.9. The molecule has 0 aliphatic rings. The first kappa shape index (κ1) is 20.4. The van der Waals surface area contributed by atoms with Crippen molar-refractivity contribution in [2.45, 2.75) is 19.5 Å². The van der Waals surface area contributed by atoms with Gasteiger partial charge in [-0.3, -0.25) is 9.59 Å². The molecule has 8 heteroatoms. The van der Waals surface area contributed by atoms with Gasteiger partial charge in [0, 0.05) is 32.8 Å². The maximum atomic E-state index is 13.1. The van der Waals surface area contributed by atoms with E-state index in [1.54, 1.807) is 32.3 Å². The van der Waals surface area contributed by atoms with Gasteiger partial charge >= 0.3 is 0 Å². The molecule has 0 fully saturated rings. The molecule has 1 atom stereocenters. The molecule has 1 unspecified atom stereocenters. The zero-order valence-corrected chi connectivity index (χ0v) is 16.3. The van der Waals surface area contributed by atoms with Crippen molar-refractivity contribution < 1.29 is 19.0 Å². The Morgan fingerprint density at radius 3 is 2.30 bits per heavy atom. The summed E-state index contributed by atoms with van der Waals surface area (Å²) in [6.07, 6.45) is 0. The van der Waals surface area contributed by atoms with E-state index in [0.29, 0.717) is 24.7 Å². The molecule has 27 heavy (non-hydrogen) atoms. The Morgan fingerprint density at radius 2 is 1.78 bits per heavy atom. The lowest BCUT2D eigenvalue weighted by atomic mass is 10.1. The van der Waals surface area contributed by atoms with E-state index in [9.17, 15) is 9.59 Å². The average Bonchev–Trinajstić information content (AvgIpc) is 2.67. The predicted molar refractivity (Wildman–Crippen MR) is 100 cm³/mol. The molecule has 0 aliphatic heterocycles. The molecule has 2 rings (SSSR count). The van der Waals surface area contributed by atoms with E-state index in [1.807, 2.05) is 19.1 Å². The second kappa shape index (κ2) is 9.18. The molecule has 0 spiro atoms. The van der Waals surface area contributed by atoms with E-state index in [2.05, 4.69) is 5.10 Å². The van der Waals surface area contributed by atoms with Crippen molar-refractivity contribution >= 4 is 5.91 Å². The molecule has 0 saturated heterocycles. The van der Waals surface area contributed by atoms with Crippen LogP contribution in [0.4, 0.5) is 0 Å². The molecule has 2 aromatic rings. The normalized spacial score (nSPS) is 11.7. The first-order valence-electron chi connectivity index (χ1n) is 8.45. The van der Waals surface area contributed by atoms with Crippen LogP contribution in [0.3, 0.4) is 0 Å². The van der Waals surface area contributed by atoms with Gasteiger partial charge in [-0.05, 0) is 30.7 Å². The molecule has 1 amide bonds. The Labute approximate surface area is 158 Å². The van der Waals surface area contributed by atoms with E-state index in [4.69, 9.17) is 14.2 Å². The SMILES string of the molecule is COCC(C)N(Cc1cc(OC)cc(OC)c1)C(=O)c1ccc(=O)n(C)n1. The van der Waals surface area contributed by atoms with Crippen LogP contribution in [0.25, 0.3) is 0 Å². The van der Waals surface area contributed by atoms with Crippen molar-refractivity contribution in [2.75, 3.05) is 27.9 Å². The summed E-state index contributed by atoms with van der Waals surface area (Å²) in [6, 6.07) is 8.01. The van der Waals surface area contributed by atoms with Crippen LogP contribution in [0, 0.1) is 0 Å². The van der Waals surface area contributed by atoms with Gasteiger partial charge < -0.3 is 19.1 Å². The van der Waals surface area contributed by atoms with Gasteiger partial charge in [0.2, 0.25) is 0 Å². The maximum absolute atomic E-state index is 13.1. The number of carbonyl (C=O) groups excluding carboxylic acids is 1. The molecule has 1 aromatic heterocycles. The van der Waals surface area contributed by atoms with Gasteiger partial charge in [0.25, 0.3) is 11.5 Å². The summed E-state index contributed by atoms with van der Waals surface area (Å²) in [5.74, 6) is 0.977. The number of carbonyl (C=O) groups is 1. The first-order valence-corrected chi connectivity index (χ1v) is 8.45. The molecule has 1 aromatic carbocycles. The highest BCUT2D eigenvalue weighted by atomic mass is 16.5. The average molecular weight is 375 g/mol. The quantitative estimate of drug-likeness (QED) is 0.695. The van der Waals surface area contributed by atoms with Crippen LogP contribution < -0.4 is 15.0 Å². The number of hydrogen-bond acceptors (Lipinski definition) is 6. The van der Waals surface area contributed by atoms with Crippen molar-refractivity contribution in [3.63, 3.8) is 0 Å². The van der Waals surface area contributed by atoms with Crippen LogP contribution in [0.2, 0.25) is 0 Å². The van der Waals surface area contributed by atoms with E-state index >= 15 is 0 Å². The molecule has 0 bridgehead atoms. The lowest BCUT2D eigenvalue weighted by molar-refractivity contribution is 0.0533. The number of benzene rings is 1. The fraction of sp³-hybridized carbons (Fsp3) is 0.421. The van der Waals surface area contributed by atoms with Crippen LogP contribution in [0.1, 0.15) is 23.0 Å². The third-order valence-electron chi connectivity index (χ3n) is 4.14. The highest BCUT2D eigenvalue weighted by Gasteiger charge is 2.24. The van der Waals surface area contributed by atoms with Crippen LogP contribution >= 0.6 is 0 Å². The monoisotopic (exact) mass is 375 g/mol. The summed E-state index contributed by atoms with van der Waals surface area (Å²) in [6.45, 7) is 2.56. The third kappa shape index (κ3) is 5.07. The molecule has 8 nitrogen and oxygen atoms in total. The number of nitrogens with zero attached hydrogens (tertiary/aromatic N) is 3. The van der Waals surface area contributed by atoms with Gasteiger partial charge in [-0.2, -0.15) is 5.10 Å². The van der Waals surface area contributed by atoms with Crippen molar-refractivity contribution in [1.29, 1.82) is 0 Å². The minimum absolute atomic E-state index is 0.190. The van der Waals surface area contributed by atoms with Gasteiger partial charge in [-0.1, -0.05) is 0 Å². The fourth-order valence-corrected chi connectivity index (χ4v) is 2.68. The summed E-state index contributed by atoms with van der Waals surface area (Å²) in [7, 11) is 6.24. The van der Waals surface area contributed by atoms with Crippen LogP contribution in [-0.4, -0.2) is 54.6 Å². The topological polar surface area (TPSA) is 82.9 Å². The summed E-state index contributed by atoms with van der Waals surface area (Å²) in [4.78, 5) is 26.3. The highest BCUT2D eigenvalue weighted by Crippen LogP contribution is 2.24. The molecule has 0 aliphatic carbocycles. The largest absolute Gasteiger partial charge is 0.497 e. The smallest absolute Gasteiger partial charge is 0.274 e. The third-order valence-corrected chi connectivity index (χ3v) is 4.14. The van der Waals surface area contributed by atoms with Crippen molar-refractivity contribution in [2.24, 2.45) is 7.05 Å². The Morgan fingerprint density at radius 1 is 1.15 bits per heavy atom. The van der Waals surface area contributed by atoms with Gasteiger partial charge in [0.15, 0.2) is 0 Å². The lowest BCUT2D eigenvalue weighted by Gasteiger charge is -2.29. The zero-order chi connectivity index (χ0) is 20.0. The van der Waals surface area contributed by atoms with Crippen LogP contribution in [0.15, 0.2) is 35.1 Å². The second-order valence-electron chi connectivity index (χ2n) is 6.14. The highest BCUT2D eigenvalue weighted by molar-refractivity contribution is 5.92. The van der Waals surface area contributed by atoms with Crippen LogP contribution in [0.5, 0.6) is 11.5 Å². The zero-order valence-electron chi connectivity index (χ0n) is 16.3. The standard InChI is InChI=1S/C19H25N3O5/c1-13(12-25-3)22(19(24)17-6-7-18(23)21(2)20-17)11-14-8-15(26-4)10-16(9-14)27-5/h6-10,13H,11-12H2,1-5H3. The minimum Gasteiger partial charge on any atom is -0.497 e. The summed E-state index contributed by atoms with van der Waals surface area (Å²) >= 11 is 0. The number of hydrogen-bond donors (Lipinski definition) is 0. The van der Waals surface area contributed by atoms with E-state index < -0.39 is 0 Å². The van der Waals surface area contributed by atoms with E-state index in [1.165, 1.54) is 19.2 Å². The molecule has 0 N–H and O–H groups in total. The number of rotatable bonds is 8.